The number of ether oxygens (including phenoxy) is 1. The highest BCUT2D eigenvalue weighted by atomic mass is 19.4. The molecule has 7 nitrogen and oxygen atoms in total. The van der Waals surface area contributed by atoms with Crippen molar-refractivity contribution in [3.05, 3.63) is 42.3 Å². The van der Waals surface area contributed by atoms with Crippen LogP contribution >= 0.6 is 0 Å². The normalized spacial score (nSPS) is 24.0. The molecular weight excluding hydrogens is 425 g/mol. The standard InChI is InChI=1S/C22H25F3N4O3/c1-32-19-10-16-14(11-28(27-16)15-7-5-13(12-30)6-8-15)9-18(19)29-17(21(26)31)3-2-4-20(29)22(23,24)25/h2-4,9-11,13,15,17,30H,5-8,12H2,1H3,(H2,26,31). The molecule has 1 aromatic heterocycles. The fourth-order valence-corrected chi connectivity index (χ4v) is 4.49. The molecule has 1 aromatic carbocycles. The largest absolute Gasteiger partial charge is 0.494 e. The molecule has 172 valence electrons. The van der Waals surface area contributed by atoms with Gasteiger partial charge in [-0.2, -0.15) is 18.3 Å². The van der Waals surface area contributed by atoms with Gasteiger partial charge in [0.2, 0.25) is 5.91 Å². The summed E-state index contributed by atoms with van der Waals surface area (Å²) in [7, 11) is 1.36. The summed E-state index contributed by atoms with van der Waals surface area (Å²) in [5.74, 6) is -0.452. The summed E-state index contributed by atoms with van der Waals surface area (Å²) in [4.78, 5) is 12.9. The molecule has 1 fully saturated rings. The van der Waals surface area contributed by atoms with Gasteiger partial charge in [0.05, 0.1) is 24.4 Å². The number of aromatic nitrogens is 2. The monoisotopic (exact) mass is 450 g/mol. The second-order valence-corrected chi connectivity index (χ2v) is 8.20. The lowest BCUT2D eigenvalue weighted by atomic mass is 9.87. The van der Waals surface area contributed by atoms with E-state index in [1.807, 2.05) is 4.68 Å². The minimum Gasteiger partial charge on any atom is -0.494 e. The van der Waals surface area contributed by atoms with E-state index < -0.39 is 23.8 Å². The average molecular weight is 450 g/mol. The van der Waals surface area contributed by atoms with Crippen LogP contribution < -0.4 is 15.4 Å². The number of nitrogens with zero attached hydrogens (tertiary/aromatic N) is 3. The zero-order valence-electron chi connectivity index (χ0n) is 17.5. The first kappa shape index (κ1) is 22.2. The SMILES string of the molecule is COc1cc2nn(C3CCC(CO)CC3)cc2cc1N1C(C(F)(F)F)=CC=CC1C(N)=O. The number of carbonyl (C=O) groups excluding carboxylic acids is 1. The number of fused-ring (bicyclic) bond motifs is 1. The maximum atomic E-state index is 13.8. The highest BCUT2D eigenvalue weighted by Gasteiger charge is 2.43. The summed E-state index contributed by atoms with van der Waals surface area (Å²) in [5.41, 5.74) is 5.09. The molecule has 1 unspecified atom stereocenters. The molecule has 0 radical (unpaired) electrons. The lowest BCUT2D eigenvalue weighted by Crippen LogP contribution is -2.47. The van der Waals surface area contributed by atoms with Gasteiger partial charge in [-0.05, 0) is 43.7 Å². The number of allylic oxidation sites excluding steroid dienone is 3. The molecule has 0 bridgehead atoms. The van der Waals surface area contributed by atoms with Crippen molar-refractivity contribution in [2.45, 2.75) is 43.9 Å². The smallest absolute Gasteiger partial charge is 0.431 e. The summed E-state index contributed by atoms with van der Waals surface area (Å²) in [6.45, 7) is 0.175. The third-order valence-corrected chi connectivity index (χ3v) is 6.20. The van der Waals surface area contributed by atoms with E-state index >= 15 is 0 Å². The minimum absolute atomic E-state index is 0.0836. The number of primary amides is 1. The van der Waals surface area contributed by atoms with E-state index in [0.29, 0.717) is 16.8 Å². The van der Waals surface area contributed by atoms with Crippen molar-refractivity contribution in [1.29, 1.82) is 0 Å². The van der Waals surface area contributed by atoms with E-state index in [1.165, 1.54) is 19.3 Å². The Hall–Kier alpha value is -3.01. The fourth-order valence-electron chi connectivity index (χ4n) is 4.49. The molecule has 10 heteroatoms. The van der Waals surface area contributed by atoms with Crippen LogP contribution in [-0.4, -0.2) is 46.7 Å². The number of carbonyl (C=O) groups is 1. The predicted molar refractivity (Wildman–Crippen MR) is 113 cm³/mol. The number of halogens is 3. The van der Waals surface area contributed by atoms with Crippen molar-refractivity contribution in [1.82, 2.24) is 9.78 Å². The van der Waals surface area contributed by atoms with Gasteiger partial charge in [-0.3, -0.25) is 9.48 Å². The quantitative estimate of drug-likeness (QED) is 0.728. The van der Waals surface area contributed by atoms with Crippen LogP contribution in [0.4, 0.5) is 18.9 Å². The Bertz CT molecular complexity index is 1070. The first-order valence-electron chi connectivity index (χ1n) is 10.4. The molecule has 0 saturated heterocycles. The molecule has 2 aliphatic rings. The Kier molecular flexibility index (Phi) is 5.89. The molecule has 0 spiro atoms. The summed E-state index contributed by atoms with van der Waals surface area (Å²) in [6, 6.07) is 1.96. The first-order valence-corrected chi connectivity index (χ1v) is 10.4. The van der Waals surface area contributed by atoms with Crippen molar-refractivity contribution < 1.29 is 27.8 Å². The lowest BCUT2D eigenvalue weighted by Gasteiger charge is -2.35. The number of methoxy groups -OCH3 is 1. The third kappa shape index (κ3) is 4.06. The number of aliphatic hydroxyl groups excluding tert-OH is 1. The van der Waals surface area contributed by atoms with Gasteiger partial charge in [0.15, 0.2) is 0 Å². The number of hydrogen-bond acceptors (Lipinski definition) is 5. The number of anilines is 1. The van der Waals surface area contributed by atoms with Crippen LogP contribution in [0.5, 0.6) is 5.75 Å². The Labute approximate surface area is 182 Å². The second-order valence-electron chi connectivity index (χ2n) is 8.20. The van der Waals surface area contributed by atoms with E-state index in [0.717, 1.165) is 36.7 Å². The third-order valence-electron chi connectivity index (χ3n) is 6.20. The Morgan fingerprint density at radius 3 is 2.59 bits per heavy atom. The number of nitrogens with two attached hydrogens (primary N) is 1. The zero-order valence-corrected chi connectivity index (χ0v) is 17.5. The number of aliphatic hydroxyl groups is 1. The number of amides is 1. The molecule has 1 saturated carbocycles. The maximum absolute atomic E-state index is 13.8. The van der Waals surface area contributed by atoms with E-state index in [1.54, 1.807) is 18.3 Å². The van der Waals surface area contributed by atoms with Crippen LogP contribution in [-0.2, 0) is 4.79 Å². The highest BCUT2D eigenvalue weighted by Crippen LogP contribution is 2.42. The maximum Gasteiger partial charge on any atom is 0.431 e. The molecule has 3 N–H and O–H groups in total. The van der Waals surface area contributed by atoms with Crippen molar-refractivity contribution in [3.8, 4) is 5.75 Å². The van der Waals surface area contributed by atoms with Crippen molar-refractivity contribution >= 4 is 22.5 Å². The van der Waals surface area contributed by atoms with Crippen LogP contribution in [0.1, 0.15) is 31.7 Å². The molecule has 1 aliphatic carbocycles. The number of rotatable bonds is 5. The van der Waals surface area contributed by atoms with E-state index in [4.69, 9.17) is 10.5 Å². The van der Waals surface area contributed by atoms with Crippen LogP contribution in [0.25, 0.3) is 10.9 Å². The van der Waals surface area contributed by atoms with Crippen LogP contribution in [0.2, 0.25) is 0 Å². The Balaban J connectivity index is 1.77. The van der Waals surface area contributed by atoms with Crippen LogP contribution in [0.15, 0.2) is 42.3 Å². The summed E-state index contributed by atoms with van der Waals surface area (Å²) in [6.07, 6.45) is 4.04. The topological polar surface area (TPSA) is 93.6 Å². The van der Waals surface area contributed by atoms with Gasteiger partial charge in [-0.15, -0.1) is 0 Å². The average Bonchev–Trinajstić information content (AvgIpc) is 3.20. The van der Waals surface area contributed by atoms with Gasteiger partial charge in [-0.1, -0.05) is 12.2 Å². The van der Waals surface area contributed by atoms with Crippen molar-refractivity contribution in [3.63, 3.8) is 0 Å². The minimum atomic E-state index is -4.70. The van der Waals surface area contributed by atoms with Gasteiger partial charge < -0.3 is 20.5 Å². The summed E-state index contributed by atoms with van der Waals surface area (Å²) < 4.78 is 48.6. The molecule has 4 rings (SSSR count). The molecular formula is C22H25F3N4O3. The van der Waals surface area contributed by atoms with E-state index in [-0.39, 0.29) is 24.1 Å². The van der Waals surface area contributed by atoms with E-state index in [2.05, 4.69) is 5.10 Å². The van der Waals surface area contributed by atoms with Crippen molar-refractivity contribution in [2.24, 2.45) is 11.7 Å². The van der Waals surface area contributed by atoms with E-state index in [9.17, 15) is 23.1 Å². The summed E-state index contributed by atoms with van der Waals surface area (Å²) >= 11 is 0. The Morgan fingerprint density at radius 1 is 1.28 bits per heavy atom. The molecule has 1 atom stereocenters. The molecule has 1 aliphatic heterocycles. The highest BCUT2D eigenvalue weighted by molar-refractivity contribution is 5.92. The zero-order chi connectivity index (χ0) is 23.0. The molecule has 2 aromatic rings. The fraction of sp³-hybridized carbons (Fsp3) is 0.455. The lowest BCUT2D eigenvalue weighted by molar-refractivity contribution is -0.119. The molecule has 2 heterocycles. The second kappa shape index (κ2) is 8.50. The molecule has 32 heavy (non-hydrogen) atoms. The number of alkyl halides is 3. The van der Waals surface area contributed by atoms with Gasteiger partial charge in [0, 0.05) is 24.3 Å². The number of benzene rings is 1. The summed E-state index contributed by atoms with van der Waals surface area (Å²) in [5, 5.41) is 14.6. The van der Waals surface area contributed by atoms with Gasteiger partial charge in [-0.25, -0.2) is 0 Å². The van der Waals surface area contributed by atoms with Gasteiger partial charge in [0.1, 0.15) is 17.5 Å². The Morgan fingerprint density at radius 2 is 2.00 bits per heavy atom. The number of hydrogen-bond donors (Lipinski definition) is 2. The first-order chi connectivity index (χ1) is 15.2. The van der Waals surface area contributed by atoms with Gasteiger partial charge in [0.25, 0.3) is 0 Å². The van der Waals surface area contributed by atoms with Crippen LogP contribution in [0, 0.1) is 5.92 Å². The van der Waals surface area contributed by atoms with Gasteiger partial charge >= 0.3 is 6.18 Å². The predicted octanol–water partition coefficient (Wildman–Crippen LogP) is 3.44. The van der Waals surface area contributed by atoms with Crippen molar-refractivity contribution in [2.75, 3.05) is 18.6 Å². The molecule has 1 amide bonds. The van der Waals surface area contributed by atoms with Crippen LogP contribution in [0.3, 0.4) is 0 Å².